The third-order valence-electron chi connectivity index (χ3n) is 3.11. The van der Waals surface area contributed by atoms with Crippen LogP contribution in [-0.4, -0.2) is 0 Å². The summed E-state index contributed by atoms with van der Waals surface area (Å²) in [6.07, 6.45) is 0.691. The average Bonchev–Trinajstić information content (AvgIpc) is 2.72. The third kappa shape index (κ3) is 1.78. The number of halogens is 2. The van der Waals surface area contributed by atoms with Gasteiger partial charge in [0.05, 0.1) is 6.04 Å². The van der Waals surface area contributed by atoms with Crippen molar-refractivity contribution >= 4 is 5.69 Å². The lowest BCUT2D eigenvalue weighted by molar-refractivity contribution is 0.595. The molecule has 3 heteroatoms. The van der Waals surface area contributed by atoms with Crippen LogP contribution in [0.25, 0.3) is 0 Å². The van der Waals surface area contributed by atoms with Gasteiger partial charge in [-0.2, -0.15) is 0 Å². The lowest BCUT2D eigenvalue weighted by Crippen LogP contribution is -2.07. The Morgan fingerprint density at radius 1 is 1.06 bits per heavy atom. The smallest absolute Gasteiger partial charge is 0.128 e. The minimum Gasteiger partial charge on any atom is -0.377 e. The second-order valence-corrected chi connectivity index (χ2v) is 4.22. The Bertz CT molecular complexity index is 566. The van der Waals surface area contributed by atoms with Crippen LogP contribution in [0.2, 0.25) is 0 Å². The van der Waals surface area contributed by atoms with Gasteiger partial charge in [0.1, 0.15) is 11.6 Å². The summed E-state index contributed by atoms with van der Waals surface area (Å²) >= 11 is 0. The molecule has 1 heterocycles. The Hall–Kier alpha value is -1.90. The largest absolute Gasteiger partial charge is 0.377 e. The van der Waals surface area contributed by atoms with Crippen LogP contribution in [-0.2, 0) is 6.42 Å². The first-order chi connectivity index (χ1) is 8.24. The van der Waals surface area contributed by atoms with Crippen molar-refractivity contribution in [2.24, 2.45) is 0 Å². The lowest BCUT2D eigenvalue weighted by Gasteiger charge is -2.12. The maximum Gasteiger partial charge on any atom is 0.128 e. The predicted octanol–water partition coefficient (Wildman–Crippen LogP) is 3.67. The summed E-state index contributed by atoms with van der Waals surface area (Å²) in [5.41, 5.74) is 2.42. The Morgan fingerprint density at radius 2 is 1.88 bits per heavy atom. The highest BCUT2D eigenvalue weighted by Crippen LogP contribution is 2.35. The molecule has 0 saturated heterocycles. The molecule has 1 nitrogen and oxygen atoms in total. The van der Waals surface area contributed by atoms with Gasteiger partial charge in [0.2, 0.25) is 0 Å². The van der Waals surface area contributed by atoms with Crippen LogP contribution in [0.1, 0.15) is 17.2 Å². The summed E-state index contributed by atoms with van der Waals surface area (Å²) in [6.45, 7) is 0. The summed E-state index contributed by atoms with van der Waals surface area (Å²) in [5, 5.41) is 3.15. The number of anilines is 1. The molecule has 86 valence electrons. The van der Waals surface area contributed by atoms with E-state index in [0.717, 1.165) is 11.3 Å². The van der Waals surface area contributed by atoms with Gasteiger partial charge in [-0.15, -0.1) is 0 Å². The lowest BCUT2D eigenvalue weighted by atomic mass is 10.0. The van der Waals surface area contributed by atoms with Gasteiger partial charge in [-0.1, -0.05) is 24.3 Å². The Labute approximate surface area is 98.1 Å². The molecule has 1 unspecified atom stereocenters. The van der Waals surface area contributed by atoms with Crippen LogP contribution in [0.5, 0.6) is 0 Å². The second kappa shape index (κ2) is 3.84. The molecule has 2 aromatic carbocycles. The van der Waals surface area contributed by atoms with Crippen LogP contribution in [0.3, 0.4) is 0 Å². The molecule has 1 atom stereocenters. The molecular formula is C14H11F2N. The number of nitrogens with one attached hydrogen (secondary N) is 1. The van der Waals surface area contributed by atoms with Crippen LogP contribution in [0.15, 0.2) is 42.5 Å². The molecule has 0 amide bonds. The average molecular weight is 231 g/mol. The fraction of sp³-hybridized carbons (Fsp3) is 0.143. The number of rotatable bonds is 1. The molecule has 1 aliphatic rings. The molecule has 1 aliphatic heterocycles. The molecule has 2 aromatic rings. The van der Waals surface area contributed by atoms with E-state index in [0.29, 0.717) is 12.0 Å². The van der Waals surface area contributed by atoms with Crippen molar-refractivity contribution in [2.75, 3.05) is 5.32 Å². The number of benzene rings is 2. The van der Waals surface area contributed by atoms with Gasteiger partial charge in [-0.3, -0.25) is 0 Å². The minimum absolute atomic E-state index is 0.104. The molecule has 0 fully saturated rings. The number of hydrogen-bond acceptors (Lipinski definition) is 1. The van der Waals surface area contributed by atoms with Crippen molar-refractivity contribution in [1.82, 2.24) is 0 Å². The molecule has 0 bridgehead atoms. The van der Waals surface area contributed by atoms with E-state index < -0.39 is 0 Å². The quantitative estimate of drug-likeness (QED) is 0.789. The highest BCUT2D eigenvalue weighted by molar-refractivity contribution is 5.58. The van der Waals surface area contributed by atoms with Crippen molar-refractivity contribution in [3.63, 3.8) is 0 Å². The van der Waals surface area contributed by atoms with Gasteiger partial charge in [-0.05, 0) is 30.2 Å². The van der Waals surface area contributed by atoms with E-state index in [1.807, 2.05) is 6.07 Å². The standard InChI is InChI=1S/C14H11F2N/c15-10-6-5-9-7-14(17-13(9)8-10)11-3-1-2-4-12(11)16/h1-6,8,14,17H,7H2. The van der Waals surface area contributed by atoms with E-state index in [9.17, 15) is 8.78 Å². The van der Waals surface area contributed by atoms with E-state index in [4.69, 9.17) is 0 Å². The fourth-order valence-electron chi connectivity index (χ4n) is 2.27. The van der Waals surface area contributed by atoms with Gasteiger partial charge in [0.15, 0.2) is 0 Å². The molecular weight excluding hydrogens is 220 g/mol. The van der Waals surface area contributed by atoms with Crippen LogP contribution >= 0.6 is 0 Å². The first-order valence-corrected chi connectivity index (χ1v) is 5.53. The molecule has 1 N–H and O–H groups in total. The monoisotopic (exact) mass is 231 g/mol. The van der Waals surface area contributed by atoms with Crippen molar-refractivity contribution in [3.05, 3.63) is 65.2 Å². The molecule has 3 rings (SSSR count). The molecule has 17 heavy (non-hydrogen) atoms. The SMILES string of the molecule is Fc1ccc2c(c1)NC(c1ccccc1F)C2. The molecule has 0 aromatic heterocycles. The fourth-order valence-corrected chi connectivity index (χ4v) is 2.27. The van der Waals surface area contributed by atoms with Crippen molar-refractivity contribution < 1.29 is 8.78 Å². The molecule has 0 radical (unpaired) electrons. The summed E-state index contributed by atoms with van der Waals surface area (Å²) in [7, 11) is 0. The van der Waals surface area contributed by atoms with E-state index in [-0.39, 0.29) is 17.7 Å². The normalized spacial score (nSPS) is 17.6. The number of fused-ring (bicyclic) bond motifs is 1. The first kappa shape index (κ1) is 10.3. The molecule has 0 spiro atoms. The zero-order valence-electron chi connectivity index (χ0n) is 9.08. The van der Waals surface area contributed by atoms with Crippen LogP contribution < -0.4 is 5.32 Å². The third-order valence-corrected chi connectivity index (χ3v) is 3.11. The van der Waals surface area contributed by atoms with E-state index >= 15 is 0 Å². The first-order valence-electron chi connectivity index (χ1n) is 5.53. The Kier molecular flexibility index (Phi) is 2.32. The van der Waals surface area contributed by atoms with Gasteiger partial charge < -0.3 is 5.32 Å². The topological polar surface area (TPSA) is 12.0 Å². The van der Waals surface area contributed by atoms with Crippen LogP contribution in [0.4, 0.5) is 14.5 Å². The highest BCUT2D eigenvalue weighted by atomic mass is 19.1. The van der Waals surface area contributed by atoms with Crippen LogP contribution in [0, 0.1) is 11.6 Å². The van der Waals surface area contributed by atoms with E-state index in [1.54, 1.807) is 18.2 Å². The Balaban J connectivity index is 1.94. The second-order valence-electron chi connectivity index (χ2n) is 4.22. The van der Waals surface area contributed by atoms with E-state index in [1.165, 1.54) is 18.2 Å². The zero-order valence-corrected chi connectivity index (χ0v) is 9.08. The predicted molar refractivity (Wildman–Crippen MR) is 62.9 cm³/mol. The van der Waals surface area contributed by atoms with Gasteiger partial charge in [0, 0.05) is 11.3 Å². The number of hydrogen-bond donors (Lipinski definition) is 1. The minimum atomic E-state index is -0.273. The van der Waals surface area contributed by atoms with Gasteiger partial charge >= 0.3 is 0 Å². The van der Waals surface area contributed by atoms with Crippen molar-refractivity contribution in [3.8, 4) is 0 Å². The van der Waals surface area contributed by atoms with Gasteiger partial charge in [-0.25, -0.2) is 8.78 Å². The van der Waals surface area contributed by atoms with Gasteiger partial charge in [0.25, 0.3) is 0 Å². The summed E-state index contributed by atoms with van der Waals surface area (Å²) in [5.74, 6) is -0.497. The highest BCUT2D eigenvalue weighted by Gasteiger charge is 2.24. The summed E-state index contributed by atoms with van der Waals surface area (Å²) < 4.78 is 26.7. The van der Waals surface area contributed by atoms with Crippen molar-refractivity contribution in [2.45, 2.75) is 12.5 Å². The summed E-state index contributed by atoms with van der Waals surface area (Å²) in [4.78, 5) is 0. The summed E-state index contributed by atoms with van der Waals surface area (Å²) in [6, 6.07) is 11.2. The molecule has 0 saturated carbocycles. The van der Waals surface area contributed by atoms with E-state index in [2.05, 4.69) is 5.32 Å². The zero-order chi connectivity index (χ0) is 11.8. The maximum atomic E-state index is 13.6. The molecule has 0 aliphatic carbocycles. The maximum absolute atomic E-state index is 13.6. The van der Waals surface area contributed by atoms with Crippen molar-refractivity contribution in [1.29, 1.82) is 0 Å². The Morgan fingerprint density at radius 3 is 2.71 bits per heavy atom.